The van der Waals surface area contributed by atoms with E-state index in [9.17, 15) is 14.7 Å². The molecule has 1 heterocycles. The van der Waals surface area contributed by atoms with Crippen molar-refractivity contribution in [2.75, 3.05) is 51.7 Å². The maximum Gasteiger partial charge on any atom is 0.330 e. The lowest BCUT2D eigenvalue weighted by Crippen LogP contribution is -2.40. The number of methoxy groups -OCH3 is 2. The highest BCUT2D eigenvalue weighted by atomic mass is 16.5. The smallest absolute Gasteiger partial charge is 0.330 e. The summed E-state index contributed by atoms with van der Waals surface area (Å²) < 4.78 is 11.0. The topological polar surface area (TPSA) is 123 Å². The van der Waals surface area contributed by atoms with Gasteiger partial charge in [0.25, 0.3) is 5.56 Å². The molecule has 1 atom stereocenters. The first-order valence-electron chi connectivity index (χ1n) is 6.42. The number of nitrogens with two attached hydrogens (primary N) is 1. The molecular formula is C12H22N4O5. The molecule has 0 aromatic carbocycles. The summed E-state index contributed by atoms with van der Waals surface area (Å²) in [5.74, 6) is 0.0351. The lowest BCUT2D eigenvalue weighted by Gasteiger charge is -2.24. The largest absolute Gasteiger partial charge is 0.389 e. The third-order valence-corrected chi connectivity index (χ3v) is 2.96. The number of aliphatic hydroxyl groups excluding tert-OH is 1. The molecular weight excluding hydrogens is 280 g/mol. The van der Waals surface area contributed by atoms with Crippen LogP contribution >= 0.6 is 0 Å². The van der Waals surface area contributed by atoms with Gasteiger partial charge in [-0.1, -0.05) is 0 Å². The lowest BCUT2D eigenvalue weighted by atomic mass is 10.3. The van der Waals surface area contributed by atoms with Gasteiger partial charge in [-0.2, -0.15) is 0 Å². The van der Waals surface area contributed by atoms with E-state index in [2.05, 4.69) is 4.98 Å². The highest BCUT2D eigenvalue weighted by molar-refractivity contribution is 5.62. The first kappa shape index (κ1) is 17.2. The van der Waals surface area contributed by atoms with Crippen molar-refractivity contribution in [3.05, 3.63) is 20.8 Å². The summed E-state index contributed by atoms with van der Waals surface area (Å²) in [6.45, 7) is 0.778. The Kier molecular flexibility index (Phi) is 6.40. The molecule has 1 aromatic heterocycles. The number of ether oxygens (including phenoxy) is 2. The Hall–Kier alpha value is -1.84. The van der Waals surface area contributed by atoms with Gasteiger partial charge < -0.3 is 25.2 Å². The average molecular weight is 302 g/mol. The minimum absolute atomic E-state index is 0.0351. The highest BCUT2D eigenvalue weighted by Gasteiger charge is 2.18. The fraction of sp³-hybridized carbons (Fsp3) is 0.667. The van der Waals surface area contributed by atoms with Gasteiger partial charge in [0, 0.05) is 27.8 Å². The Morgan fingerprint density at radius 1 is 1.38 bits per heavy atom. The molecule has 0 amide bonds. The van der Waals surface area contributed by atoms with E-state index in [1.165, 1.54) is 23.7 Å². The van der Waals surface area contributed by atoms with Crippen LogP contribution < -0.4 is 21.9 Å². The van der Waals surface area contributed by atoms with Crippen molar-refractivity contribution in [2.45, 2.75) is 12.6 Å². The molecule has 9 heteroatoms. The highest BCUT2D eigenvalue weighted by Crippen LogP contribution is 2.15. The van der Waals surface area contributed by atoms with Gasteiger partial charge in [0.2, 0.25) is 0 Å². The molecule has 0 spiro atoms. The molecule has 0 aliphatic heterocycles. The molecule has 0 bridgehead atoms. The molecule has 9 nitrogen and oxygen atoms in total. The number of hydrogen-bond donors (Lipinski definition) is 3. The number of nitrogen functional groups attached to an aromatic ring is 1. The van der Waals surface area contributed by atoms with Crippen molar-refractivity contribution >= 4 is 11.5 Å². The van der Waals surface area contributed by atoms with Crippen LogP contribution in [-0.4, -0.2) is 61.8 Å². The van der Waals surface area contributed by atoms with Gasteiger partial charge >= 0.3 is 5.69 Å². The van der Waals surface area contributed by atoms with Crippen LogP contribution in [0.1, 0.15) is 0 Å². The summed E-state index contributed by atoms with van der Waals surface area (Å²) in [6.07, 6.45) is -0.779. The van der Waals surface area contributed by atoms with E-state index in [1.54, 1.807) is 7.05 Å². The Bertz CT molecular complexity index is 568. The van der Waals surface area contributed by atoms with Crippen LogP contribution in [0.4, 0.5) is 11.5 Å². The summed E-state index contributed by atoms with van der Waals surface area (Å²) in [5.41, 5.74) is 4.84. The van der Waals surface area contributed by atoms with Crippen LogP contribution in [0.5, 0.6) is 0 Å². The lowest BCUT2D eigenvalue weighted by molar-refractivity contribution is 0.0695. The van der Waals surface area contributed by atoms with E-state index in [4.69, 9.17) is 15.2 Å². The first-order valence-corrected chi connectivity index (χ1v) is 6.42. The molecule has 0 aliphatic rings. The zero-order chi connectivity index (χ0) is 16.0. The fourth-order valence-corrected chi connectivity index (χ4v) is 2.00. The molecule has 0 aliphatic carbocycles. The predicted molar refractivity (Wildman–Crippen MR) is 78.8 cm³/mol. The molecule has 21 heavy (non-hydrogen) atoms. The maximum atomic E-state index is 11.9. The van der Waals surface area contributed by atoms with Gasteiger partial charge in [0.05, 0.1) is 25.9 Å². The second kappa shape index (κ2) is 7.81. The zero-order valence-corrected chi connectivity index (χ0v) is 12.5. The second-order valence-electron chi connectivity index (χ2n) is 4.63. The number of H-pyrrole nitrogens is 1. The van der Waals surface area contributed by atoms with Crippen LogP contribution in [0.2, 0.25) is 0 Å². The number of likely N-dealkylation sites (N-methyl/N-ethyl adjacent to an activating group) is 1. The number of hydrogen-bond acceptors (Lipinski definition) is 7. The number of aromatic nitrogens is 2. The molecule has 120 valence electrons. The third-order valence-electron chi connectivity index (χ3n) is 2.96. The number of aromatic amines is 1. The van der Waals surface area contributed by atoms with E-state index in [1.807, 2.05) is 0 Å². The van der Waals surface area contributed by atoms with E-state index >= 15 is 0 Å². The van der Waals surface area contributed by atoms with E-state index < -0.39 is 17.4 Å². The van der Waals surface area contributed by atoms with Gasteiger partial charge in [-0.25, -0.2) is 4.79 Å². The van der Waals surface area contributed by atoms with Crippen molar-refractivity contribution < 1.29 is 14.6 Å². The van der Waals surface area contributed by atoms with Crippen LogP contribution in [0.3, 0.4) is 0 Å². The summed E-state index contributed by atoms with van der Waals surface area (Å²) in [4.78, 5) is 27.4. The van der Waals surface area contributed by atoms with Crippen LogP contribution in [0, 0.1) is 0 Å². The van der Waals surface area contributed by atoms with Crippen molar-refractivity contribution in [3.63, 3.8) is 0 Å². The quantitative estimate of drug-likeness (QED) is 0.518. The van der Waals surface area contributed by atoms with Gasteiger partial charge in [0.1, 0.15) is 11.5 Å². The molecule has 0 radical (unpaired) electrons. The molecule has 4 N–H and O–H groups in total. The minimum Gasteiger partial charge on any atom is -0.389 e. The molecule has 1 aromatic rings. The summed E-state index contributed by atoms with van der Waals surface area (Å²) >= 11 is 0. The summed E-state index contributed by atoms with van der Waals surface area (Å²) in [6, 6.07) is 0. The zero-order valence-electron chi connectivity index (χ0n) is 12.5. The fourth-order valence-electron chi connectivity index (χ4n) is 2.00. The summed E-state index contributed by atoms with van der Waals surface area (Å²) in [7, 11) is 4.57. The van der Waals surface area contributed by atoms with E-state index in [0.717, 1.165) is 0 Å². The van der Waals surface area contributed by atoms with Crippen molar-refractivity contribution in [1.29, 1.82) is 0 Å². The number of nitrogens with zero attached hydrogens (tertiary/aromatic N) is 2. The minimum atomic E-state index is -0.779. The Labute approximate surface area is 121 Å². The normalized spacial score (nSPS) is 12.4. The Morgan fingerprint density at radius 3 is 2.62 bits per heavy atom. The number of aliphatic hydroxyl groups is 1. The maximum absolute atomic E-state index is 11.9. The Morgan fingerprint density at radius 2 is 2.05 bits per heavy atom. The third kappa shape index (κ3) is 4.31. The van der Waals surface area contributed by atoms with E-state index in [-0.39, 0.29) is 37.8 Å². The average Bonchev–Trinajstić information content (AvgIpc) is 2.38. The van der Waals surface area contributed by atoms with Crippen molar-refractivity contribution in [1.82, 2.24) is 9.55 Å². The number of anilines is 2. The SMILES string of the molecule is COCCn1c(N)c(N(C)CC(O)COC)c(=O)[nH]c1=O. The molecule has 1 unspecified atom stereocenters. The summed E-state index contributed by atoms with van der Waals surface area (Å²) in [5, 5.41) is 9.72. The molecule has 0 saturated carbocycles. The Balaban J connectivity index is 3.11. The van der Waals surface area contributed by atoms with Gasteiger partial charge in [-0.05, 0) is 0 Å². The van der Waals surface area contributed by atoms with Crippen molar-refractivity contribution in [2.24, 2.45) is 0 Å². The van der Waals surface area contributed by atoms with E-state index in [0.29, 0.717) is 0 Å². The van der Waals surface area contributed by atoms with Crippen LogP contribution in [0.15, 0.2) is 9.59 Å². The molecule has 0 fully saturated rings. The van der Waals surface area contributed by atoms with Crippen LogP contribution in [0.25, 0.3) is 0 Å². The predicted octanol–water partition coefficient (Wildman–Crippen LogP) is -1.79. The monoisotopic (exact) mass is 302 g/mol. The van der Waals surface area contributed by atoms with Gasteiger partial charge in [-0.3, -0.25) is 14.3 Å². The van der Waals surface area contributed by atoms with Crippen LogP contribution in [-0.2, 0) is 16.0 Å². The number of nitrogens with one attached hydrogen (secondary N) is 1. The van der Waals surface area contributed by atoms with Gasteiger partial charge in [-0.15, -0.1) is 0 Å². The standard InChI is InChI=1S/C12H22N4O5/c1-15(6-8(17)7-21-3)9-10(13)16(4-5-20-2)12(19)14-11(9)18/h8,17H,4-7,13H2,1-3H3,(H,14,18,19). The second-order valence-corrected chi connectivity index (χ2v) is 4.63. The van der Waals surface area contributed by atoms with Crippen molar-refractivity contribution in [3.8, 4) is 0 Å². The number of rotatable bonds is 8. The molecule has 0 saturated heterocycles. The first-order chi connectivity index (χ1) is 9.92. The molecule has 1 rings (SSSR count). The van der Waals surface area contributed by atoms with Gasteiger partial charge in [0.15, 0.2) is 0 Å².